The van der Waals surface area contributed by atoms with Gasteiger partial charge in [0.15, 0.2) is 5.13 Å². The number of anilines is 3. The smallest absolute Gasteiger partial charge is 0.269 e. The minimum absolute atomic E-state index is 0.137. The normalized spacial score (nSPS) is 14.4. The van der Waals surface area contributed by atoms with E-state index in [9.17, 15) is 9.18 Å². The molecule has 0 bridgehead atoms. The first-order valence-corrected chi connectivity index (χ1v) is 7.54. The van der Waals surface area contributed by atoms with Crippen molar-refractivity contribution in [2.45, 2.75) is 12.8 Å². The Morgan fingerprint density at radius 2 is 2.05 bits per heavy atom. The third kappa shape index (κ3) is 2.82. The van der Waals surface area contributed by atoms with Crippen LogP contribution in [0.4, 0.5) is 21.0 Å². The quantitative estimate of drug-likeness (QED) is 0.914. The summed E-state index contributed by atoms with van der Waals surface area (Å²) in [6.07, 6.45) is 2.24. The monoisotopic (exact) mass is 306 g/mol. The van der Waals surface area contributed by atoms with Gasteiger partial charge in [0.05, 0.1) is 5.69 Å². The average Bonchev–Trinajstić information content (AvgIpc) is 3.10. The van der Waals surface area contributed by atoms with Crippen LogP contribution in [0.3, 0.4) is 0 Å². The van der Waals surface area contributed by atoms with Crippen LogP contribution < -0.4 is 16.0 Å². The van der Waals surface area contributed by atoms with Gasteiger partial charge in [-0.2, -0.15) is 0 Å². The third-order valence-electron chi connectivity index (χ3n) is 3.35. The summed E-state index contributed by atoms with van der Waals surface area (Å²) in [6, 6.07) is 6.02. The Kier molecular flexibility index (Phi) is 3.74. The Balaban J connectivity index is 1.80. The van der Waals surface area contributed by atoms with Crippen LogP contribution in [0.1, 0.15) is 22.5 Å². The maximum absolute atomic E-state index is 13.6. The van der Waals surface area contributed by atoms with Crippen molar-refractivity contribution in [3.05, 3.63) is 35.0 Å². The van der Waals surface area contributed by atoms with Crippen LogP contribution >= 0.6 is 11.3 Å². The van der Waals surface area contributed by atoms with Crippen molar-refractivity contribution in [3.63, 3.8) is 0 Å². The number of thiazole rings is 1. The average molecular weight is 306 g/mol. The van der Waals surface area contributed by atoms with Gasteiger partial charge in [0, 0.05) is 13.1 Å². The number of carbonyl (C=O) groups is 1. The van der Waals surface area contributed by atoms with Gasteiger partial charge in [-0.25, -0.2) is 9.37 Å². The van der Waals surface area contributed by atoms with Gasteiger partial charge in [-0.15, -0.1) is 0 Å². The fraction of sp³-hybridized carbons (Fsp3) is 0.286. The number of carbonyl (C=O) groups excluding carboxylic acids is 1. The lowest BCUT2D eigenvalue weighted by atomic mass is 10.3. The van der Waals surface area contributed by atoms with Crippen molar-refractivity contribution in [1.82, 2.24) is 4.98 Å². The molecule has 0 aliphatic carbocycles. The molecule has 2 aromatic rings. The highest BCUT2D eigenvalue weighted by atomic mass is 32.1. The van der Waals surface area contributed by atoms with Gasteiger partial charge in [-0.1, -0.05) is 23.5 Å². The first-order valence-electron chi connectivity index (χ1n) is 6.72. The highest BCUT2D eigenvalue weighted by molar-refractivity contribution is 7.18. The number of amides is 1. The second-order valence-corrected chi connectivity index (χ2v) is 5.82. The lowest BCUT2D eigenvalue weighted by Crippen LogP contribution is -2.17. The van der Waals surface area contributed by atoms with Crippen molar-refractivity contribution >= 4 is 33.9 Å². The minimum Gasteiger partial charge on any atom is -0.382 e. The maximum Gasteiger partial charge on any atom is 0.269 e. The van der Waals surface area contributed by atoms with Gasteiger partial charge >= 0.3 is 0 Å². The zero-order valence-electron chi connectivity index (χ0n) is 11.3. The summed E-state index contributed by atoms with van der Waals surface area (Å²) < 4.78 is 13.6. The first-order chi connectivity index (χ1) is 10.1. The Morgan fingerprint density at radius 3 is 2.76 bits per heavy atom. The summed E-state index contributed by atoms with van der Waals surface area (Å²) in [5, 5.41) is 3.28. The molecule has 0 radical (unpaired) electrons. The van der Waals surface area contributed by atoms with Crippen molar-refractivity contribution in [1.29, 1.82) is 0 Å². The van der Waals surface area contributed by atoms with Gasteiger partial charge in [0.1, 0.15) is 16.5 Å². The number of nitrogen functional groups attached to an aromatic ring is 1. The molecule has 21 heavy (non-hydrogen) atoms. The fourth-order valence-corrected chi connectivity index (χ4v) is 3.20. The summed E-state index contributed by atoms with van der Waals surface area (Å²) in [4.78, 5) is 18.9. The molecule has 1 fully saturated rings. The van der Waals surface area contributed by atoms with E-state index in [0.29, 0.717) is 4.88 Å². The van der Waals surface area contributed by atoms with Crippen LogP contribution in [-0.2, 0) is 0 Å². The molecule has 1 aliphatic heterocycles. The molecule has 7 heteroatoms. The zero-order valence-corrected chi connectivity index (χ0v) is 12.1. The molecule has 0 atom stereocenters. The molecular weight excluding hydrogens is 291 g/mol. The van der Waals surface area contributed by atoms with Gasteiger partial charge in [-0.3, -0.25) is 4.79 Å². The van der Waals surface area contributed by atoms with E-state index in [-0.39, 0.29) is 11.5 Å². The number of para-hydroxylation sites is 1. The number of nitrogens with two attached hydrogens (primary N) is 1. The van der Waals surface area contributed by atoms with Crippen molar-refractivity contribution in [2.75, 3.05) is 29.0 Å². The second kappa shape index (κ2) is 5.69. The van der Waals surface area contributed by atoms with E-state index < -0.39 is 11.7 Å². The van der Waals surface area contributed by atoms with E-state index in [2.05, 4.69) is 15.2 Å². The van der Waals surface area contributed by atoms with E-state index >= 15 is 0 Å². The van der Waals surface area contributed by atoms with Crippen LogP contribution in [0, 0.1) is 5.82 Å². The predicted octanol–water partition coefficient (Wildman–Crippen LogP) is 2.72. The molecule has 5 nitrogen and oxygen atoms in total. The van der Waals surface area contributed by atoms with Crippen LogP contribution in [0.2, 0.25) is 0 Å². The molecule has 1 amide bonds. The third-order valence-corrected chi connectivity index (χ3v) is 4.48. The Hall–Kier alpha value is -2.15. The second-order valence-electron chi connectivity index (χ2n) is 4.84. The number of rotatable bonds is 3. The minimum atomic E-state index is -0.478. The van der Waals surface area contributed by atoms with Crippen LogP contribution in [-0.4, -0.2) is 24.0 Å². The van der Waals surface area contributed by atoms with E-state index in [1.54, 1.807) is 12.1 Å². The number of halogens is 1. The van der Waals surface area contributed by atoms with E-state index in [4.69, 9.17) is 5.73 Å². The van der Waals surface area contributed by atoms with Gasteiger partial charge < -0.3 is 16.0 Å². The summed E-state index contributed by atoms with van der Waals surface area (Å²) in [7, 11) is 0. The fourth-order valence-electron chi connectivity index (χ4n) is 2.27. The van der Waals surface area contributed by atoms with Crippen LogP contribution in [0.25, 0.3) is 0 Å². The molecule has 1 aromatic heterocycles. The predicted molar refractivity (Wildman–Crippen MR) is 82.3 cm³/mol. The molecule has 1 saturated heterocycles. The molecule has 0 saturated carbocycles. The van der Waals surface area contributed by atoms with Gasteiger partial charge in [0.25, 0.3) is 5.91 Å². The Bertz CT molecular complexity index is 667. The molecular formula is C14H15FN4OS. The van der Waals surface area contributed by atoms with Crippen molar-refractivity contribution in [3.8, 4) is 0 Å². The first kappa shape index (κ1) is 13.8. The summed E-state index contributed by atoms with van der Waals surface area (Å²) >= 11 is 1.25. The van der Waals surface area contributed by atoms with Gasteiger partial charge in [-0.05, 0) is 25.0 Å². The largest absolute Gasteiger partial charge is 0.382 e. The van der Waals surface area contributed by atoms with Crippen molar-refractivity contribution < 1.29 is 9.18 Å². The SMILES string of the molecule is Nc1nc(N2CCCC2)sc1C(=O)Nc1ccccc1F. The number of nitrogens with one attached hydrogen (secondary N) is 1. The highest BCUT2D eigenvalue weighted by Gasteiger charge is 2.22. The Labute approximate surface area is 125 Å². The standard InChI is InChI=1S/C14H15FN4OS/c15-9-5-1-2-6-10(9)17-13(20)11-12(16)18-14(21-11)19-7-3-4-8-19/h1-2,5-6H,3-4,7-8,16H2,(H,17,20). The zero-order chi connectivity index (χ0) is 14.8. The molecule has 0 spiro atoms. The molecule has 3 N–H and O–H groups in total. The molecule has 1 aliphatic rings. The molecule has 1 aromatic carbocycles. The molecule has 3 rings (SSSR count). The van der Waals surface area contributed by atoms with Crippen molar-refractivity contribution in [2.24, 2.45) is 0 Å². The van der Waals surface area contributed by atoms with Gasteiger partial charge in [0.2, 0.25) is 0 Å². The molecule has 110 valence electrons. The molecule has 2 heterocycles. The number of hydrogen-bond acceptors (Lipinski definition) is 5. The topological polar surface area (TPSA) is 71.2 Å². The lowest BCUT2D eigenvalue weighted by Gasteiger charge is -2.11. The summed E-state index contributed by atoms with van der Waals surface area (Å²) in [6.45, 7) is 1.86. The van der Waals surface area contributed by atoms with Crippen LogP contribution in [0.15, 0.2) is 24.3 Å². The number of hydrogen-bond donors (Lipinski definition) is 2. The molecule has 0 unspecified atom stereocenters. The van der Waals surface area contributed by atoms with Crippen LogP contribution in [0.5, 0.6) is 0 Å². The Morgan fingerprint density at radius 1 is 1.33 bits per heavy atom. The van der Waals surface area contributed by atoms with E-state index in [1.165, 1.54) is 23.5 Å². The number of aromatic nitrogens is 1. The lowest BCUT2D eigenvalue weighted by molar-refractivity contribution is 0.103. The highest BCUT2D eigenvalue weighted by Crippen LogP contribution is 2.31. The maximum atomic E-state index is 13.6. The van der Waals surface area contributed by atoms with E-state index in [0.717, 1.165) is 31.1 Å². The summed E-state index contributed by atoms with van der Waals surface area (Å²) in [5.74, 6) is -0.718. The summed E-state index contributed by atoms with van der Waals surface area (Å²) in [5.41, 5.74) is 5.96. The number of benzene rings is 1. The van der Waals surface area contributed by atoms with E-state index in [1.807, 2.05) is 0 Å². The number of nitrogens with zero attached hydrogens (tertiary/aromatic N) is 2.